The van der Waals surface area contributed by atoms with Gasteiger partial charge in [-0.1, -0.05) is 9.69 Å². The first-order valence-corrected chi connectivity index (χ1v) is 9.80. The third-order valence-corrected chi connectivity index (χ3v) is 5.04. The molecular formula is C12H8N6Na2O8S2. The molecule has 0 fully saturated rings. The molecule has 18 heteroatoms. The van der Waals surface area contributed by atoms with Crippen molar-refractivity contribution < 1.29 is 95.5 Å². The molecule has 148 valence electrons. The summed E-state index contributed by atoms with van der Waals surface area (Å²) in [6, 6.07) is 6.83. The molecule has 0 saturated carbocycles. The van der Waals surface area contributed by atoms with Crippen molar-refractivity contribution in [3.05, 3.63) is 36.4 Å². The largest absolute Gasteiger partial charge is 1.00 e. The second-order valence-corrected chi connectivity index (χ2v) is 7.93. The van der Waals surface area contributed by atoms with Crippen LogP contribution >= 0.6 is 0 Å². The van der Waals surface area contributed by atoms with E-state index in [9.17, 15) is 25.9 Å². The van der Waals surface area contributed by atoms with Crippen LogP contribution < -0.4 is 59.1 Å². The van der Waals surface area contributed by atoms with E-state index in [1.807, 2.05) is 0 Å². The molecule has 0 radical (unpaired) electrons. The maximum absolute atomic E-state index is 10.6. The van der Waals surface area contributed by atoms with Gasteiger partial charge in [-0.3, -0.25) is 0 Å². The second-order valence-electron chi connectivity index (χ2n) is 5.17. The molecule has 4 rings (SSSR count). The van der Waals surface area contributed by atoms with Crippen LogP contribution in [0.15, 0.2) is 46.2 Å². The summed E-state index contributed by atoms with van der Waals surface area (Å²) in [7, 11) is -9.04. The van der Waals surface area contributed by atoms with Crippen molar-refractivity contribution in [2.45, 2.75) is 9.79 Å². The van der Waals surface area contributed by atoms with Gasteiger partial charge in [-0.2, -0.15) is 0 Å². The standard InChI is InChI=1S/2C6H5N3O4S.2Na/c2*10-9-6-3-4(14(11,12)13)1-2-5(6)7-8-9;;/h2*1-3,10H,(H,11,12,13);;/q;;2*+1/p-2. The summed E-state index contributed by atoms with van der Waals surface area (Å²) in [5.74, 6) is 0. The summed E-state index contributed by atoms with van der Waals surface area (Å²) in [6.07, 6.45) is 0. The van der Waals surface area contributed by atoms with Crippen LogP contribution in [0.1, 0.15) is 0 Å². The minimum atomic E-state index is -4.52. The van der Waals surface area contributed by atoms with Gasteiger partial charge in [-0.25, -0.2) is 16.8 Å². The Balaban J connectivity index is 0.000000281. The monoisotopic (exact) mass is 474 g/mol. The van der Waals surface area contributed by atoms with Crippen LogP contribution in [0.4, 0.5) is 0 Å². The fraction of sp³-hybridized carbons (Fsp3) is 0. The Morgan fingerprint density at radius 1 is 0.700 bits per heavy atom. The summed E-state index contributed by atoms with van der Waals surface area (Å²) in [5.41, 5.74) is 0.753. The molecule has 0 atom stereocenters. The van der Waals surface area contributed by atoms with Gasteiger partial charge in [0.05, 0.1) is 9.79 Å². The Kier molecular flexibility index (Phi) is 8.77. The summed E-state index contributed by atoms with van der Waals surface area (Å²) < 4.78 is 63.7. The summed E-state index contributed by atoms with van der Waals surface area (Å²) in [6.45, 7) is 0. The first-order valence-electron chi connectivity index (χ1n) is 6.98. The van der Waals surface area contributed by atoms with Crippen molar-refractivity contribution in [1.29, 1.82) is 0 Å². The molecule has 0 aliphatic carbocycles. The van der Waals surface area contributed by atoms with Crippen molar-refractivity contribution in [1.82, 2.24) is 30.3 Å². The number of aromatic nitrogens is 6. The van der Waals surface area contributed by atoms with E-state index in [1.165, 1.54) is 12.1 Å². The summed E-state index contributed by atoms with van der Waals surface area (Å²) >= 11 is 0. The molecule has 14 nitrogen and oxygen atoms in total. The van der Waals surface area contributed by atoms with Gasteiger partial charge in [0.15, 0.2) is 0 Å². The molecule has 0 saturated heterocycles. The normalized spacial score (nSPS) is 11.3. The maximum atomic E-state index is 10.6. The van der Waals surface area contributed by atoms with Crippen LogP contribution in [0.25, 0.3) is 22.1 Å². The predicted octanol–water partition coefficient (Wildman–Crippen LogP) is -6.85. The zero-order valence-corrected chi connectivity index (χ0v) is 20.9. The van der Waals surface area contributed by atoms with E-state index in [0.717, 1.165) is 24.3 Å². The second kappa shape index (κ2) is 9.86. The average molecular weight is 474 g/mol. The van der Waals surface area contributed by atoms with Crippen molar-refractivity contribution in [3.8, 4) is 0 Å². The Morgan fingerprint density at radius 3 is 1.33 bits per heavy atom. The molecule has 0 amide bonds. The van der Waals surface area contributed by atoms with E-state index >= 15 is 0 Å². The molecule has 2 aromatic carbocycles. The van der Waals surface area contributed by atoms with E-state index in [1.54, 1.807) is 0 Å². The first kappa shape index (κ1) is 26.7. The smallest absolute Gasteiger partial charge is 0.744 e. The number of fused-ring (bicyclic) bond motifs is 2. The molecule has 2 heterocycles. The van der Waals surface area contributed by atoms with Crippen molar-refractivity contribution in [3.63, 3.8) is 0 Å². The fourth-order valence-electron chi connectivity index (χ4n) is 2.08. The van der Waals surface area contributed by atoms with Crippen molar-refractivity contribution in [2.24, 2.45) is 0 Å². The predicted molar refractivity (Wildman–Crippen MR) is 85.4 cm³/mol. The summed E-state index contributed by atoms with van der Waals surface area (Å²) in [4.78, 5) is -0.0428. The van der Waals surface area contributed by atoms with Crippen LogP contribution in [-0.4, -0.2) is 66.7 Å². The average Bonchev–Trinajstić information content (AvgIpc) is 3.17. The third kappa shape index (κ3) is 5.88. The van der Waals surface area contributed by atoms with Gasteiger partial charge in [-0.05, 0) is 46.8 Å². The van der Waals surface area contributed by atoms with Gasteiger partial charge in [0, 0.05) is 0 Å². The molecule has 4 aromatic rings. The van der Waals surface area contributed by atoms with E-state index in [2.05, 4.69) is 20.6 Å². The number of hydrogen-bond donors (Lipinski definition) is 2. The van der Waals surface area contributed by atoms with Gasteiger partial charge in [0.1, 0.15) is 42.3 Å². The molecule has 0 unspecified atom stereocenters. The molecule has 0 spiro atoms. The maximum Gasteiger partial charge on any atom is 1.00 e. The van der Waals surface area contributed by atoms with E-state index in [-0.39, 0.29) is 70.1 Å². The SMILES string of the molecule is O=S(=O)([O-])c1ccc2nnn(O)c2c1.O=S(=O)([O-])c1ccc2nnn(O)c2c1.[Na+].[Na+]. The van der Waals surface area contributed by atoms with Crippen LogP contribution in [0, 0.1) is 0 Å². The Labute approximate surface area is 212 Å². The van der Waals surface area contributed by atoms with E-state index < -0.39 is 30.0 Å². The quantitative estimate of drug-likeness (QED) is 0.157. The van der Waals surface area contributed by atoms with Gasteiger partial charge in [0.2, 0.25) is 0 Å². The van der Waals surface area contributed by atoms with Crippen LogP contribution in [0.2, 0.25) is 0 Å². The van der Waals surface area contributed by atoms with Crippen LogP contribution in [0.5, 0.6) is 0 Å². The van der Waals surface area contributed by atoms with Crippen LogP contribution in [0.3, 0.4) is 0 Å². The summed E-state index contributed by atoms with van der Waals surface area (Å²) in [5, 5.41) is 31.6. The third-order valence-electron chi connectivity index (χ3n) is 3.38. The number of hydrogen-bond acceptors (Lipinski definition) is 12. The molecule has 0 aliphatic heterocycles. The van der Waals surface area contributed by atoms with Gasteiger partial charge >= 0.3 is 59.1 Å². The zero-order valence-electron chi connectivity index (χ0n) is 15.3. The van der Waals surface area contributed by atoms with Crippen LogP contribution in [-0.2, 0) is 20.2 Å². The Bertz CT molecular complexity index is 1290. The number of nitrogens with zero attached hydrogens (tertiary/aromatic N) is 6. The van der Waals surface area contributed by atoms with Gasteiger partial charge in [-0.15, -0.1) is 10.2 Å². The molecule has 0 bridgehead atoms. The number of rotatable bonds is 2. The van der Waals surface area contributed by atoms with E-state index in [0.29, 0.717) is 20.7 Å². The molecular weight excluding hydrogens is 466 g/mol. The molecule has 2 aromatic heterocycles. The minimum Gasteiger partial charge on any atom is -0.744 e. The Morgan fingerprint density at radius 2 is 1.03 bits per heavy atom. The number of benzene rings is 2. The minimum absolute atomic E-state index is 0. The molecule has 30 heavy (non-hydrogen) atoms. The topological polar surface area (TPSA) is 216 Å². The van der Waals surface area contributed by atoms with Crippen molar-refractivity contribution in [2.75, 3.05) is 0 Å². The zero-order chi connectivity index (χ0) is 20.7. The van der Waals surface area contributed by atoms with Gasteiger partial charge < -0.3 is 19.5 Å². The van der Waals surface area contributed by atoms with Crippen molar-refractivity contribution >= 4 is 42.3 Å². The fourth-order valence-corrected chi connectivity index (χ4v) is 3.07. The van der Waals surface area contributed by atoms with E-state index in [4.69, 9.17) is 10.4 Å². The first-order chi connectivity index (χ1) is 13.0. The molecule has 0 aliphatic rings. The Hall–Kier alpha value is -1.34. The molecule has 2 N–H and O–H groups in total. The van der Waals surface area contributed by atoms with Gasteiger partial charge in [0.25, 0.3) is 0 Å².